The number of carbonyl (C=O) groups is 1. The Labute approximate surface area is 139 Å². The highest BCUT2D eigenvalue weighted by Crippen LogP contribution is 2.24. The molecule has 0 aliphatic carbocycles. The number of furan rings is 1. The molecule has 3 aromatic rings. The minimum absolute atomic E-state index is 0.172. The second kappa shape index (κ2) is 6.30. The van der Waals surface area contributed by atoms with E-state index in [0.29, 0.717) is 23.1 Å². The molecule has 0 bridgehead atoms. The maximum Gasteiger partial charge on any atom is 0.289 e. The van der Waals surface area contributed by atoms with Gasteiger partial charge in [0.25, 0.3) is 5.91 Å². The molecular weight excluding hydrogens is 314 g/mol. The van der Waals surface area contributed by atoms with Gasteiger partial charge in [-0.15, -0.1) is 0 Å². The SMILES string of the molecule is CN(Cc1cnn(C)c1)C(=O)c1ccc(-c2ccc(Cl)cc2)o1. The van der Waals surface area contributed by atoms with Crippen molar-refractivity contribution >= 4 is 17.5 Å². The topological polar surface area (TPSA) is 51.3 Å². The van der Waals surface area contributed by atoms with Crippen molar-refractivity contribution in [2.24, 2.45) is 7.05 Å². The summed E-state index contributed by atoms with van der Waals surface area (Å²) in [6.45, 7) is 0.476. The molecule has 1 aromatic carbocycles. The van der Waals surface area contributed by atoms with Gasteiger partial charge in [-0.25, -0.2) is 0 Å². The number of carbonyl (C=O) groups excluding carboxylic acids is 1. The second-order valence-electron chi connectivity index (χ2n) is 5.35. The van der Waals surface area contributed by atoms with E-state index >= 15 is 0 Å². The number of amides is 1. The van der Waals surface area contributed by atoms with Crippen molar-refractivity contribution < 1.29 is 9.21 Å². The van der Waals surface area contributed by atoms with Gasteiger partial charge in [0.05, 0.1) is 6.20 Å². The fraction of sp³-hybridized carbons (Fsp3) is 0.176. The van der Waals surface area contributed by atoms with E-state index in [1.807, 2.05) is 25.4 Å². The van der Waals surface area contributed by atoms with Crippen molar-refractivity contribution in [3.63, 3.8) is 0 Å². The zero-order valence-corrected chi connectivity index (χ0v) is 13.6. The Morgan fingerprint density at radius 2 is 2.00 bits per heavy atom. The van der Waals surface area contributed by atoms with Crippen LogP contribution >= 0.6 is 11.6 Å². The van der Waals surface area contributed by atoms with Crippen molar-refractivity contribution in [1.29, 1.82) is 0 Å². The van der Waals surface area contributed by atoms with E-state index in [-0.39, 0.29) is 5.91 Å². The van der Waals surface area contributed by atoms with Crippen LogP contribution in [0.1, 0.15) is 16.1 Å². The monoisotopic (exact) mass is 329 g/mol. The predicted molar refractivity (Wildman–Crippen MR) is 88.2 cm³/mol. The van der Waals surface area contributed by atoms with Crippen LogP contribution in [0.5, 0.6) is 0 Å². The number of aromatic nitrogens is 2. The maximum absolute atomic E-state index is 12.4. The summed E-state index contributed by atoms with van der Waals surface area (Å²) in [5.74, 6) is 0.773. The summed E-state index contributed by atoms with van der Waals surface area (Å²) < 4.78 is 7.39. The molecule has 118 valence electrons. The average Bonchev–Trinajstić information content (AvgIpc) is 3.16. The molecule has 0 saturated carbocycles. The van der Waals surface area contributed by atoms with Crippen LogP contribution in [0.15, 0.2) is 53.2 Å². The molecule has 5 nitrogen and oxygen atoms in total. The number of aryl methyl sites for hydroxylation is 1. The quantitative estimate of drug-likeness (QED) is 0.734. The molecule has 0 aliphatic rings. The Bertz CT molecular complexity index is 820. The molecule has 0 atom stereocenters. The molecule has 0 spiro atoms. The van der Waals surface area contributed by atoms with Crippen LogP contribution < -0.4 is 0 Å². The summed E-state index contributed by atoms with van der Waals surface area (Å²) in [4.78, 5) is 14.0. The number of hydrogen-bond acceptors (Lipinski definition) is 3. The van der Waals surface area contributed by atoms with Crippen molar-refractivity contribution in [2.45, 2.75) is 6.54 Å². The van der Waals surface area contributed by atoms with E-state index in [1.54, 1.807) is 47.1 Å². The lowest BCUT2D eigenvalue weighted by Crippen LogP contribution is -2.25. The fourth-order valence-electron chi connectivity index (χ4n) is 2.31. The molecule has 0 radical (unpaired) electrons. The zero-order valence-electron chi connectivity index (χ0n) is 12.9. The van der Waals surface area contributed by atoms with Gasteiger partial charge in [-0.3, -0.25) is 9.48 Å². The molecule has 2 heterocycles. The van der Waals surface area contributed by atoms with Gasteiger partial charge in [-0.05, 0) is 36.4 Å². The molecule has 0 aliphatic heterocycles. The Kier molecular flexibility index (Phi) is 4.21. The van der Waals surface area contributed by atoms with E-state index in [4.69, 9.17) is 16.0 Å². The largest absolute Gasteiger partial charge is 0.451 e. The van der Waals surface area contributed by atoms with E-state index in [2.05, 4.69) is 5.10 Å². The van der Waals surface area contributed by atoms with Gasteiger partial charge in [0.15, 0.2) is 5.76 Å². The highest BCUT2D eigenvalue weighted by molar-refractivity contribution is 6.30. The molecule has 3 rings (SSSR count). The van der Waals surface area contributed by atoms with Crippen molar-refractivity contribution in [3.05, 3.63) is 65.1 Å². The Morgan fingerprint density at radius 3 is 2.65 bits per heavy atom. The molecule has 2 aromatic heterocycles. The van der Waals surface area contributed by atoms with E-state index in [0.717, 1.165) is 11.1 Å². The summed E-state index contributed by atoms with van der Waals surface area (Å²) in [5, 5.41) is 4.76. The smallest absolute Gasteiger partial charge is 0.289 e. The van der Waals surface area contributed by atoms with Gasteiger partial charge in [0, 0.05) is 43.0 Å². The summed E-state index contributed by atoms with van der Waals surface area (Å²) in [5.41, 5.74) is 1.84. The minimum atomic E-state index is -0.172. The first-order valence-electron chi connectivity index (χ1n) is 7.11. The Hall–Kier alpha value is -2.53. The van der Waals surface area contributed by atoms with Gasteiger partial charge in [-0.2, -0.15) is 5.10 Å². The molecule has 0 N–H and O–H groups in total. The standard InChI is InChI=1S/C17H16ClN3O2/c1-20(10-12-9-19-21(2)11-12)17(22)16-8-7-15(23-16)13-3-5-14(18)6-4-13/h3-9,11H,10H2,1-2H3. The maximum atomic E-state index is 12.4. The third kappa shape index (κ3) is 3.46. The molecular formula is C17H16ClN3O2. The molecule has 0 saturated heterocycles. The number of rotatable bonds is 4. The first-order chi connectivity index (χ1) is 11.0. The molecule has 6 heteroatoms. The van der Waals surface area contributed by atoms with Gasteiger partial charge < -0.3 is 9.32 Å². The highest BCUT2D eigenvalue weighted by Gasteiger charge is 2.17. The average molecular weight is 330 g/mol. The zero-order chi connectivity index (χ0) is 16.4. The van der Waals surface area contributed by atoms with Crippen molar-refractivity contribution in [2.75, 3.05) is 7.05 Å². The Morgan fingerprint density at radius 1 is 1.26 bits per heavy atom. The third-order valence-corrected chi connectivity index (χ3v) is 3.72. The summed E-state index contributed by atoms with van der Waals surface area (Å²) in [6, 6.07) is 10.8. The predicted octanol–water partition coefficient (Wildman–Crippen LogP) is 3.61. The highest BCUT2D eigenvalue weighted by atomic mass is 35.5. The first kappa shape index (κ1) is 15.4. The summed E-state index contributed by atoms with van der Waals surface area (Å²) >= 11 is 5.88. The first-order valence-corrected chi connectivity index (χ1v) is 7.49. The van der Waals surface area contributed by atoms with E-state index in [9.17, 15) is 4.79 Å². The van der Waals surface area contributed by atoms with Gasteiger partial charge >= 0.3 is 0 Å². The summed E-state index contributed by atoms with van der Waals surface area (Å²) in [7, 11) is 3.58. The van der Waals surface area contributed by atoms with Crippen LogP contribution in [0.4, 0.5) is 0 Å². The molecule has 1 amide bonds. The lowest BCUT2D eigenvalue weighted by atomic mass is 10.2. The van der Waals surface area contributed by atoms with Gasteiger partial charge in [0.2, 0.25) is 0 Å². The molecule has 23 heavy (non-hydrogen) atoms. The molecule has 0 fully saturated rings. The Balaban J connectivity index is 1.74. The lowest BCUT2D eigenvalue weighted by molar-refractivity contribution is 0.0754. The van der Waals surface area contributed by atoms with Crippen LogP contribution in [0.3, 0.4) is 0 Å². The van der Waals surface area contributed by atoms with Crippen LogP contribution in [-0.4, -0.2) is 27.6 Å². The number of nitrogens with zero attached hydrogens (tertiary/aromatic N) is 3. The van der Waals surface area contributed by atoms with Crippen LogP contribution in [0.25, 0.3) is 11.3 Å². The third-order valence-electron chi connectivity index (χ3n) is 3.47. The fourth-order valence-corrected chi connectivity index (χ4v) is 2.44. The van der Waals surface area contributed by atoms with Crippen molar-refractivity contribution in [3.8, 4) is 11.3 Å². The number of hydrogen-bond donors (Lipinski definition) is 0. The molecule has 0 unspecified atom stereocenters. The second-order valence-corrected chi connectivity index (χ2v) is 5.79. The van der Waals surface area contributed by atoms with E-state index in [1.165, 1.54) is 0 Å². The van der Waals surface area contributed by atoms with Crippen molar-refractivity contribution in [1.82, 2.24) is 14.7 Å². The van der Waals surface area contributed by atoms with E-state index < -0.39 is 0 Å². The minimum Gasteiger partial charge on any atom is -0.451 e. The number of benzene rings is 1. The van der Waals surface area contributed by atoms with Crippen LogP contribution in [-0.2, 0) is 13.6 Å². The van der Waals surface area contributed by atoms with Crippen LogP contribution in [0.2, 0.25) is 5.02 Å². The summed E-state index contributed by atoms with van der Waals surface area (Å²) in [6.07, 6.45) is 3.62. The normalized spacial score (nSPS) is 10.7. The van der Waals surface area contributed by atoms with Gasteiger partial charge in [-0.1, -0.05) is 11.6 Å². The lowest BCUT2D eigenvalue weighted by Gasteiger charge is -2.14. The van der Waals surface area contributed by atoms with Crippen LogP contribution in [0, 0.1) is 0 Å². The number of halogens is 1. The van der Waals surface area contributed by atoms with Gasteiger partial charge in [0.1, 0.15) is 5.76 Å².